The number of piperidine rings is 1. The van der Waals surface area contributed by atoms with Gasteiger partial charge in [-0.15, -0.1) is 0 Å². The first-order valence-corrected chi connectivity index (χ1v) is 9.72. The van der Waals surface area contributed by atoms with Crippen LogP contribution in [0.15, 0.2) is 42.5 Å². The Kier molecular flexibility index (Phi) is 6.43. The van der Waals surface area contributed by atoms with E-state index in [9.17, 15) is 19.7 Å². The number of carbonyl (C=O) groups excluding carboxylic acids is 2. The molecule has 2 amide bonds. The molecule has 8 nitrogen and oxygen atoms in total. The molecule has 0 aromatic heterocycles. The second kappa shape index (κ2) is 9.18. The summed E-state index contributed by atoms with van der Waals surface area (Å²) in [4.78, 5) is 37.4. The second-order valence-electron chi connectivity index (χ2n) is 6.94. The molecular weight excluding hydrogens is 372 g/mol. The summed E-state index contributed by atoms with van der Waals surface area (Å²) in [6.45, 7) is 3.39. The number of nitro benzene ring substituents is 1. The lowest BCUT2D eigenvalue weighted by atomic mass is 10.1. The molecule has 0 spiro atoms. The largest absolute Gasteiger partial charge is 0.371 e. The molecule has 1 heterocycles. The van der Waals surface area contributed by atoms with Crippen LogP contribution in [-0.4, -0.2) is 29.8 Å². The fraction of sp³-hybridized carbons (Fsp3) is 0.333. The average molecular weight is 396 g/mol. The number of nitrogens with zero attached hydrogens (tertiary/aromatic N) is 2. The van der Waals surface area contributed by atoms with Crippen molar-refractivity contribution >= 4 is 34.6 Å². The van der Waals surface area contributed by atoms with Crippen molar-refractivity contribution in [1.82, 2.24) is 0 Å². The monoisotopic (exact) mass is 396 g/mol. The lowest BCUT2D eigenvalue weighted by molar-refractivity contribution is -0.384. The average Bonchev–Trinajstić information content (AvgIpc) is 2.74. The van der Waals surface area contributed by atoms with Crippen LogP contribution in [-0.2, 0) is 4.79 Å². The Hall–Kier alpha value is -3.42. The molecule has 2 aromatic carbocycles. The summed E-state index contributed by atoms with van der Waals surface area (Å²) in [7, 11) is 0. The number of non-ortho nitro benzene ring substituents is 1. The molecule has 29 heavy (non-hydrogen) atoms. The third kappa shape index (κ3) is 5.10. The highest BCUT2D eigenvalue weighted by Gasteiger charge is 2.22. The Morgan fingerprint density at radius 3 is 2.38 bits per heavy atom. The van der Waals surface area contributed by atoms with Gasteiger partial charge in [-0.25, -0.2) is 0 Å². The molecule has 0 radical (unpaired) electrons. The molecule has 8 heteroatoms. The van der Waals surface area contributed by atoms with Crippen LogP contribution in [0.25, 0.3) is 0 Å². The molecule has 0 saturated carbocycles. The third-order valence-corrected chi connectivity index (χ3v) is 4.86. The van der Waals surface area contributed by atoms with E-state index in [2.05, 4.69) is 15.5 Å². The SMILES string of the molecule is CCC(=O)Nc1cccc(NC(=O)c2cc([N+](=O)[O-])ccc2N2CCCCC2)c1. The van der Waals surface area contributed by atoms with E-state index in [0.29, 0.717) is 23.5 Å². The number of nitrogens with one attached hydrogen (secondary N) is 2. The highest BCUT2D eigenvalue weighted by Crippen LogP contribution is 2.29. The van der Waals surface area contributed by atoms with Crippen molar-refractivity contribution in [2.45, 2.75) is 32.6 Å². The van der Waals surface area contributed by atoms with Crippen molar-refractivity contribution < 1.29 is 14.5 Å². The zero-order chi connectivity index (χ0) is 20.8. The van der Waals surface area contributed by atoms with Crippen LogP contribution < -0.4 is 15.5 Å². The van der Waals surface area contributed by atoms with Gasteiger partial charge < -0.3 is 15.5 Å². The summed E-state index contributed by atoms with van der Waals surface area (Å²) in [5, 5.41) is 16.8. The maximum Gasteiger partial charge on any atom is 0.270 e. The number of carbonyl (C=O) groups is 2. The Balaban J connectivity index is 1.87. The topological polar surface area (TPSA) is 105 Å². The summed E-state index contributed by atoms with van der Waals surface area (Å²) in [6.07, 6.45) is 3.54. The smallest absolute Gasteiger partial charge is 0.270 e. The minimum absolute atomic E-state index is 0.125. The molecule has 0 atom stereocenters. The normalized spacial score (nSPS) is 13.6. The van der Waals surface area contributed by atoms with Gasteiger partial charge in [0.15, 0.2) is 0 Å². The summed E-state index contributed by atoms with van der Waals surface area (Å²) in [5.74, 6) is -0.548. The van der Waals surface area contributed by atoms with Gasteiger partial charge in [-0.1, -0.05) is 13.0 Å². The lowest BCUT2D eigenvalue weighted by Gasteiger charge is -2.30. The Bertz CT molecular complexity index is 923. The van der Waals surface area contributed by atoms with Gasteiger partial charge in [0, 0.05) is 43.0 Å². The maximum atomic E-state index is 13.0. The van der Waals surface area contributed by atoms with Crippen LogP contribution in [0.4, 0.5) is 22.7 Å². The van der Waals surface area contributed by atoms with Crippen molar-refractivity contribution in [2.24, 2.45) is 0 Å². The predicted octanol–water partition coefficient (Wildman–Crippen LogP) is 4.19. The summed E-state index contributed by atoms with van der Waals surface area (Å²) < 4.78 is 0. The standard InChI is InChI=1S/C21H24N4O4/c1-2-20(26)22-15-7-6-8-16(13-15)23-21(27)18-14-17(25(28)29)9-10-19(18)24-11-4-3-5-12-24/h6-10,13-14H,2-5,11-12H2,1H3,(H,22,26)(H,23,27). The van der Waals surface area contributed by atoms with Crippen LogP contribution in [0.2, 0.25) is 0 Å². The van der Waals surface area contributed by atoms with Gasteiger partial charge in [-0.05, 0) is 43.5 Å². The van der Waals surface area contributed by atoms with E-state index in [1.54, 1.807) is 37.3 Å². The fourth-order valence-electron chi connectivity index (χ4n) is 3.35. The molecule has 1 aliphatic heterocycles. The quantitative estimate of drug-likeness (QED) is 0.563. The molecule has 0 aliphatic carbocycles. The van der Waals surface area contributed by atoms with E-state index in [1.807, 2.05) is 0 Å². The molecule has 1 fully saturated rings. The van der Waals surface area contributed by atoms with Crippen molar-refractivity contribution in [1.29, 1.82) is 0 Å². The van der Waals surface area contributed by atoms with E-state index in [4.69, 9.17) is 0 Å². The fourth-order valence-corrected chi connectivity index (χ4v) is 3.35. The van der Waals surface area contributed by atoms with E-state index in [-0.39, 0.29) is 17.2 Å². The first-order valence-electron chi connectivity index (χ1n) is 9.72. The van der Waals surface area contributed by atoms with Crippen LogP contribution >= 0.6 is 0 Å². The summed E-state index contributed by atoms with van der Waals surface area (Å²) >= 11 is 0. The number of anilines is 3. The molecule has 1 saturated heterocycles. The third-order valence-electron chi connectivity index (χ3n) is 4.86. The molecule has 3 rings (SSSR count). The first-order chi connectivity index (χ1) is 14.0. The summed E-state index contributed by atoms with van der Waals surface area (Å²) in [5.41, 5.74) is 1.91. The van der Waals surface area contributed by atoms with Crippen LogP contribution in [0.3, 0.4) is 0 Å². The number of hydrogen-bond donors (Lipinski definition) is 2. The zero-order valence-electron chi connectivity index (χ0n) is 16.3. The number of amides is 2. The highest BCUT2D eigenvalue weighted by atomic mass is 16.6. The maximum absolute atomic E-state index is 13.0. The van der Waals surface area contributed by atoms with Gasteiger partial charge in [0.25, 0.3) is 11.6 Å². The number of hydrogen-bond acceptors (Lipinski definition) is 5. The Morgan fingerprint density at radius 2 is 1.72 bits per heavy atom. The molecular formula is C21H24N4O4. The van der Waals surface area contributed by atoms with Gasteiger partial charge in [0.05, 0.1) is 16.2 Å². The number of benzene rings is 2. The van der Waals surface area contributed by atoms with Crippen molar-refractivity contribution in [3.05, 3.63) is 58.1 Å². The summed E-state index contributed by atoms with van der Waals surface area (Å²) in [6, 6.07) is 11.2. The molecule has 2 N–H and O–H groups in total. The Morgan fingerprint density at radius 1 is 1.03 bits per heavy atom. The molecule has 0 bridgehead atoms. The zero-order valence-corrected chi connectivity index (χ0v) is 16.3. The number of rotatable bonds is 6. The van der Waals surface area contributed by atoms with Gasteiger partial charge in [0.2, 0.25) is 5.91 Å². The van der Waals surface area contributed by atoms with Crippen LogP contribution in [0.5, 0.6) is 0 Å². The second-order valence-corrected chi connectivity index (χ2v) is 6.94. The van der Waals surface area contributed by atoms with Crippen molar-refractivity contribution in [3.8, 4) is 0 Å². The predicted molar refractivity (Wildman–Crippen MR) is 112 cm³/mol. The van der Waals surface area contributed by atoms with Gasteiger partial charge in [0.1, 0.15) is 0 Å². The number of nitro groups is 1. The van der Waals surface area contributed by atoms with Gasteiger partial charge >= 0.3 is 0 Å². The van der Waals surface area contributed by atoms with Gasteiger partial charge in [-0.2, -0.15) is 0 Å². The molecule has 1 aliphatic rings. The Labute approximate surface area is 169 Å². The minimum Gasteiger partial charge on any atom is -0.371 e. The highest BCUT2D eigenvalue weighted by molar-refractivity contribution is 6.09. The van der Waals surface area contributed by atoms with Crippen LogP contribution in [0.1, 0.15) is 43.0 Å². The van der Waals surface area contributed by atoms with E-state index in [1.165, 1.54) is 12.1 Å². The minimum atomic E-state index is -0.502. The molecule has 2 aromatic rings. The van der Waals surface area contributed by atoms with E-state index in [0.717, 1.165) is 32.4 Å². The van der Waals surface area contributed by atoms with Crippen molar-refractivity contribution in [2.75, 3.05) is 28.6 Å². The first kappa shape index (κ1) is 20.3. The van der Waals surface area contributed by atoms with E-state index >= 15 is 0 Å². The lowest BCUT2D eigenvalue weighted by Crippen LogP contribution is -2.31. The molecule has 0 unspecified atom stereocenters. The molecule has 152 valence electrons. The van der Waals surface area contributed by atoms with Crippen molar-refractivity contribution in [3.63, 3.8) is 0 Å². The van der Waals surface area contributed by atoms with Crippen LogP contribution in [0, 0.1) is 10.1 Å². The van der Waals surface area contributed by atoms with E-state index < -0.39 is 10.8 Å². The van der Waals surface area contributed by atoms with Gasteiger partial charge in [-0.3, -0.25) is 19.7 Å².